The Morgan fingerprint density at radius 2 is 2.04 bits per heavy atom. The molecule has 1 heterocycles. The number of halogens is 3. The maximum absolute atomic E-state index is 13.1. The zero-order valence-corrected chi connectivity index (χ0v) is 13.8. The highest BCUT2D eigenvalue weighted by Crippen LogP contribution is 2.36. The van der Waals surface area contributed by atoms with Crippen LogP contribution in [0, 0.1) is 0 Å². The number of esters is 1. The molecule has 2 rings (SSSR count). The van der Waals surface area contributed by atoms with Crippen LogP contribution in [0.4, 0.5) is 18.9 Å². The average Bonchev–Trinajstić information content (AvgIpc) is 2.90. The molecule has 1 aliphatic rings. The number of aliphatic hydroxyl groups is 2. The number of nitrogens with one attached hydrogen (secondary N) is 1. The zero-order chi connectivity index (χ0) is 19.5. The highest BCUT2D eigenvalue weighted by atomic mass is 19.4. The minimum Gasteiger partial charge on any atom is -0.466 e. The molecule has 10 heteroatoms. The number of aliphatic hydroxyl groups excluding tert-OH is 2. The molecule has 0 aliphatic carbocycles. The number of anilines is 1. The van der Waals surface area contributed by atoms with Gasteiger partial charge < -0.3 is 25.2 Å². The summed E-state index contributed by atoms with van der Waals surface area (Å²) in [6.45, 7) is -1.48. The number of rotatable bonds is 6. The number of amides is 1. The molecule has 3 N–H and O–H groups in total. The first-order chi connectivity index (χ1) is 12.2. The maximum atomic E-state index is 13.1. The Morgan fingerprint density at radius 1 is 1.35 bits per heavy atom. The molecule has 7 nitrogen and oxygen atoms in total. The number of β-amino-alcohol motifs (C(OH)–C–C–N with tert-alkyl or cyclic N) is 1. The molecule has 0 aromatic heterocycles. The molecular formula is C16H17F3N2O5. The lowest BCUT2D eigenvalue weighted by Crippen LogP contribution is -2.31. The number of hydrogen-bond donors (Lipinski definition) is 3. The van der Waals surface area contributed by atoms with Gasteiger partial charge in [0.05, 0.1) is 38.0 Å². The third-order valence-electron chi connectivity index (χ3n) is 3.85. The molecule has 1 amide bonds. The number of carbonyl (C=O) groups excluding carboxylic acids is 2. The van der Waals surface area contributed by atoms with Crippen molar-refractivity contribution in [1.29, 1.82) is 0 Å². The summed E-state index contributed by atoms with van der Waals surface area (Å²) in [5, 5.41) is 20.9. The molecule has 0 unspecified atom stereocenters. The van der Waals surface area contributed by atoms with Crippen molar-refractivity contribution < 1.29 is 37.7 Å². The van der Waals surface area contributed by atoms with E-state index in [9.17, 15) is 27.9 Å². The third kappa shape index (κ3) is 3.81. The summed E-state index contributed by atoms with van der Waals surface area (Å²) in [6.07, 6.45) is -4.70. The van der Waals surface area contributed by atoms with Gasteiger partial charge in [0, 0.05) is 17.8 Å². The molecule has 1 aromatic rings. The highest BCUT2D eigenvalue weighted by Gasteiger charge is 2.37. The quantitative estimate of drug-likeness (QED) is 0.639. The number of benzene rings is 1. The molecule has 0 atom stereocenters. The van der Waals surface area contributed by atoms with E-state index in [1.54, 1.807) is 0 Å². The molecule has 26 heavy (non-hydrogen) atoms. The van der Waals surface area contributed by atoms with Crippen LogP contribution in [0.5, 0.6) is 0 Å². The number of nitrogens with zero attached hydrogens (tertiary/aromatic N) is 1. The first-order valence-electron chi connectivity index (χ1n) is 7.53. The van der Waals surface area contributed by atoms with Crippen LogP contribution >= 0.6 is 0 Å². The number of carbonyl (C=O) groups is 2. The summed E-state index contributed by atoms with van der Waals surface area (Å²) in [6, 6.07) is 3.18. The summed E-state index contributed by atoms with van der Waals surface area (Å²) in [5.41, 5.74) is -1.99. The summed E-state index contributed by atoms with van der Waals surface area (Å²) < 4.78 is 43.9. The van der Waals surface area contributed by atoms with Crippen molar-refractivity contribution in [1.82, 2.24) is 4.90 Å². The summed E-state index contributed by atoms with van der Waals surface area (Å²) in [4.78, 5) is 25.5. The van der Waals surface area contributed by atoms with E-state index in [4.69, 9.17) is 5.11 Å². The van der Waals surface area contributed by atoms with E-state index in [0.717, 1.165) is 24.1 Å². The van der Waals surface area contributed by atoms with Crippen molar-refractivity contribution in [3.63, 3.8) is 0 Å². The van der Waals surface area contributed by atoms with E-state index in [0.29, 0.717) is 0 Å². The maximum Gasteiger partial charge on any atom is 0.416 e. The van der Waals surface area contributed by atoms with Gasteiger partial charge in [0.2, 0.25) is 0 Å². The van der Waals surface area contributed by atoms with Gasteiger partial charge in [-0.1, -0.05) is 6.07 Å². The molecule has 0 spiro atoms. The van der Waals surface area contributed by atoms with Gasteiger partial charge in [0.15, 0.2) is 0 Å². The lowest BCUT2D eigenvalue weighted by molar-refractivity contribution is -0.138. The molecule has 0 fully saturated rings. The van der Waals surface area contributed by atoms with Gasteiger partial charge in [-0.15, -0.1) is 0 Å². The molecule has 1 aromatic carbocycles. The SMILES string of the molecule is COC(=O)C1=C(Nc2cccc(C(F)(F)F)c2CO)C(=O)N(CCO)C1. The number of alkyl halides is 3. The van der Waals surface area contributed by atoms with Gasteiger partial charge in [0.25, 0.3) is 5.91 Å². The number of hydrogen-bond acceptors (Lipinski definition) is 6. The van der Waals surface area contributed by atoms with Crippen molar-refractivity contribution >= 4 is 17.6 Å². The highest BCUT2D eigenvalue weighted by molar-refractivity contribution is 6.08. The fourth-order valence-electron chi connectivity index (χ4n) is 2.62. The van der Waals surface area contributed by atoms with Crippen molar-refractivity contribution in [2.24, 2.45) is 0 Å². The van der Waals surface area contributed by atoms with Gasteiger partial charge in [-0.3, -0.25) is 4.79 Å². The lowest BCUT2D eigenvalue weighted by atomic mass is 10.0. The van der Waals surface area contributed by atoms with Gasteiger partial charge in [-0.25, -0.2) is 4.79 Å². The second kappa shape index (κ2) is 7.75. The molecule has 0 saturated carbocycles. The standard InChI is InChI=1S/C16H17F3N2O5/c1-26-15(25)9-7-21(5-6-22)14(24)13(9)20-12-4-2-3-11(10(12)8-23)16(17,18)19/h2-4,20,22-23H,5-8H2,1H3. The van der Waals surface area contributed by atoms with Crippen LogP contribution in [0.3, 0.4) is 0 Å². The van der Waals surface area contributed by atoms with Crippen LogP contribution in [0.25, 0.3) is 0 Å². The van der Waals surface area contributed by atoms with Crippen LogP contribution in [0.2, 0.25) is 0 Å². The van der Waals surface area contributed by atoms with Crippen molar-refractivity contribution in [3.8, 4) is 0 Å². The Bertz CT molecular complexity index is 746. The summed E-state index contributed by atoms with van der Waals surface area (Å²) >= 11 is 0. The fraction of sp³-hybridized carbons (Fsp3) is 0.375. The van der Waals surface area contributed by atoms with Crippen LogP contribution in [-0.4, -0.2) is 53.8 Å². The third-order valence-corrected chi connectivity index (χ3v) is 3.85. The van der Waals surface area contributed by atoms with Crippen molar-refractivity contribution in [2.45, 2.75) is 12.8 Å². The van der Waals surface area contributed by atoms with E-state index >= 15 is 0 Å². The van der Waals surface area contributed by atoms with E-state index < -0.39 is 35.8 Å². The normalized spacial score (nSPS) is 14.8. The first-order valence-corrected chi connectivity index (χ1v) is 7.53. The minimum absolute atomic E-state index is 0.0556. The van der Waals surface area contributed by atoms with Crippen molar-refractivity contribution in [3.05, 3.63) is 40.6 Å². The van der Waals surface area contributed by atoms with Gasteiger partial charge >= 0.3 is 12.1 Å². The molecule has 1 aliphatic heterocycles. The number of methoxy groups -OCH3 is 1. The van der Waals surface area contributed by atoms with Crippen LogP contribution in [0.15, 0.2) is 29.5 Å². The van der Waals surface area contributed by atoms with E-state index in [-0.39, 0.29) is 36.7 Å². The van der Waals surface area contributed by atoms with Gasteiger partial charge in [0.1, 0.15) is 5.70 Å². The predicted octanol–water partition coefficient (Wildman–Crippen LogP) is 0.871. The molecule has 0 radical (unpaired) electrons. The Labute approximate surface area is 146 Å². The first kappa shape index (κ1) is 19.7. The Balaban J connectivity index is 2.47. The lowest BCUT2D eigenvalue weighted by Gasteiger charge is -2.18. The minimum atomic E-state index is -4.70. The van der Waals surface area contributed by atoms with Gasteiger partial charge in [-0.05, 0) is 12.1 Å². The smallest absolute Gasteiger partial charge is 0.416 e. The largest absolute Gasteiger partial charge is 0.466 e. The monoisotopic (exact) mass is 374 g/mol. The van der Waals surface area contributed by atoms with Crippen LogP contribution in [0.1, 0.15) is 11.1 Å². The molecule has 142 valence electrons. The Hall–Kier alpha value is -2.59. The topological polar surface area (TPSA) is 99.1 Å². The average molecular weight is 374 g/mol. The zero-order valence-electron chi connectivity index (χ0n) is 13.8. The van der Waals surface area contributed by atoms with E-state index in [1.807, 2.05) is 0 Å². The van der Waals surface area contributed by atoms with Gasteiger partial charge in [-0.2, -0.15) is 13.2 Å². The Morgan fingerprint density at radius 3 is 2.58 bits per heavy atom. The van der Waals surface area contributed by atoms with Crippen molar-refractivity contribution in [2.75, 3.05) is 32.1 Å². The fourth-order valence-corrected chi connectivity index (χ4v) is 2.62. The summed E-state index contributed by atoms with van der Waals surface area (Å²) in [7, 11) is 1.11. The molecular weight excluding hydrogens is 357 g/mol. The Kier molecular flexibility index (Phi) is 5.88. The van der Waals surface area contributed by atoms with E-state index in [1.165, 1.54) is 6.07 Å². The van der Waals surface area contributed by atoms with Crippen LogP contribution < -0.4 is 5.32 Å². The molecule has 0 saturated heterocycles. The number of ether oxygens (including phenoxy) is 1. The second-order valence-corrected chi connectivity index (χ2v) is 5.41. The second-order valence-electron chi connectivity index (χ2n) is 5.41. The molecule has 0 bridgehead atoms. The predicted molar refractivity (Wildman–Crippen MR) is 83.7 cm³/mol. The van der Waals surface area contributed by atoms with E-state index in [2.05, 4.69) is 10.1 Å². The van der Waals surface area contributed by atoms with Crippen LogP contribution in [-0.2, 0) is 27.1 Å². The summed E-state index contributed by atoms with van der Waals surface area (Å²) in [5.74, 6) is -1.49.